The highest BCUT2D eigenvalue weighted by atomic mass is 79.9. The van der Waals surface area contributed by atoms with Crippen molar-refractivity contribution in [3.8, 4) is 0 Å². The Bertz CT molecular complexity index is 562. The Morgan fingerprint density at radius 2 is 1.80 bits per heavy atom. The van der Waals surface area contributed by atoms with Crippen molar-refractivity contribution in [3.05, 3.63) is 69.9 Å². The fraction of sp³-hybridized carbons (Fsp3) is 0.250. The molecule has 2 rings (SSSR count). The maximum Gasteiger partial charge on any atom is 0.142 e. The van der Waals surface area contributed by atoms with Crippen molar-refractivity contribution in [3.63, 3.8) is 0 Å². The van der Waals surface area contributed by atoms with Gasteiger partial charge in [-0.2, -0.15) is 0 Å². The number of methoxy groups -OCH3 is 1. The van der Waals surface area contributed by atoms with Gasteiger partial charge in [-0.3, -0.25) is 0 Å². The zero-order valence-electron chi connectivity index (χ0n) is 11.4. The fourth-order valence-electron chi connectivity index (χ4n) is 2.34. The average Bonchev–Trinajstić information content (AvgIpc) is 2.49. The molecular formula is C16H17BrFNO. The summed E-state index contributed by atoms with van der Waals surface area (Å²) >= 11 is 3.23. The van der Waals surface area contributed by atoms with Gasteiger partial charge in [-0.25, -0.2) is 4.39 Å². The van der Waals surface area contributed by atoms with Crippen LogP contribution in [0.4, 0.5) is 4.39 Å². The number of rotatable bonds is 5. The van der Waals surface area contributed by atoms with Gasteiger partial charge in [0.05, 0.1) is 10.5 Å². The summed E-state index contributed by atoms with van der Waals surface area (Å²) in [5.74, 6) is -0.259. The van der Waals surface area contributed by atoms with E-state index in [9.17, 15) is 4.39 Å². The van der Waals surface area contributed by atoms with E-state index in [0.717, 1.165) is 5.56 Å². The van der Waals surface area contributed by atoms with E-state index in [1.54, 1.807) is 26.3 Å². The highest BCUT2D eigenvalue weighted by Gasteiger charge is 2.26. The first-order valence-electron chi connectivity index (χ1n) is 6.38. The highest BCUT2D eigenvalue weighted by Crippen LogP contribution is 2.34. The second-order valence-corrected chi connectivity index (χ2v) is 5.33. The molecule has 0 aliphatic heterocycles. The fourth-order valence-corrected chi connectivity index (χ4v) is 2.72. The van der Waals surface area contributed by atoms with Gasteiger partial charge in [0.2, 0.25) is 0 Å². The summed E-state index contributed by atoms with van der Waals surface area (Å²) in [6.07, 6.45) is -0.259. The third-order valence-corrected chi connectivity index (χ3v) is 3.92. The number of ether oxygens (including phenoxy) is 1. The van der Waals surface area contributed by atoms with E-state index in [1.165, 1.54) is 0 Å². The lowest BCUT2D eigenvalue weighted by atomic mass is 9.95. The molecule has 0 radical (unpaired) electrons. The SMILES string of the molecule is CNC(c1cccc(Br)c1F)C(OC)c1ccccc1. The Kier molecular flexibility index (Phi) is 5.29. The summed E-state index contributed by atoms with van der Waals surface area (Å²) in [7, 11) is 3.44. The normalized spacial score (nSPS) is 14.0. The van der Waals surface area contributed by atoms with Crippen molar-refractivity contribution in [2.75, 3.05) is 14.2 Å². The Hall–Kier alpha value is -1.23. The molecule has 0 spiro atoms. The molecular weight excluding hydrogens is 321 g/mol. The first kappa shape index (κ1) is 15.2. The van der Waals surface area contributed by atoms with Crippen molar-refractivity contribution in [2.45, 2.75) is 12.1 Å². The van der Waals surface area contributed by atoms with Crippen LogP contribution in [0.5, 0.6) is 0 Å². The van der Waals surface area contributed by atoms with Crippen LogP contribution in [0.1, 0.15) is 23.3 Å². The number of nitrogens with one attached hydrogen (secondary N) is 1. The third-order valence-electron chi connectivity index (χ3n) is 3.31. The second-order valence-electron chi connectivity index (χ2n) is 4.48. The zero-order valence-corrected chi connectivity index (χ0v) is 13.0. The molecule has 2 nitrogen and oxygen atoms in total. The van der Waals surface area contributed by atoms with Gasteiger partial charge in [0.25, 0.3) is 0 Å². The molecule has 2 aromatic carbocycles. The number of benzene rings is 2. The second kappa shape index (κ2) is 6.97. The van der Waals surface area contributed by atoms with Crippen molar-refractivity contribution in [1.82, 2.24) is 5.32 Å². The molecule has 0 saturated carbocycles. The zero-order chi connectivity index (χ0) is 14.5. The van der Waals surface area contributed by atoms with Gasteiger partial charge in [-0.15, -0.1) is 0 Å². The van der Waals surface area contributed by atoms with Crippen molar-refractivity contribution < 1.29 is 9.13 Å². The van der Waals surface area contributed by atoms with E-state index < -0.39 is 0 Å². The summed E-state index contributed by atoms with van der Waals surface area (Å²) in [6.45, 7) is 0. The van der Waals surface area contributed by atoms with Crippen molar-refractivity contribution >= 4 is 15.9 Å². The molecule has 0 aromatic heterocycles. The van der Waals surface area contributed by atoms with E-state index >= 15 is 0 Å². The molecule has 20 heavy (non-hydrogen) atoms. The van der Waals surface area contributed by atoms with E-state index in [1.807, 2.05) is 36.4 Å². The predicted octanol–water partition coefficient (Wildman–Crippen LogP) is 4.24. The van der Waals surface area contributed by atoms with Gasteiger partial charge < -0.3 is 10.1 Å². The molecule has 0 fully saturated rings. The molecule has 0 saturated heterocycles. The van der Waals surface area contributed by atoms with Crippen LogP contribution in [-0.2, 0) is 4.74 Å². The molecule has 0 aliphatic carbocycles. The van der Waals surface area contributed by atoms with Crippen molar-refractivity contribution in [1.29, 1.82) is 0 Å². The number of halogens is 2. The van der Waals surface area contributed by atoms with Crippen LogP contribution in [-0.4, -0.2) is 14.2 Å². The molecule has 0 bridgehead atoms. The number of hydrogen-bond donors (Lipinski definition) is 1. The Balaban J connectivity index is 2.42. The smallest absolute Gasteiger partial charge is 0.142 e. The maximum atomic E-state index is 14.3. The van der Waals surface area contributed by atoms with E-state index in [-0.39, 0.29) is 18.0 Å². The minimum atomic E-state index is -0.264. The lowest BCUT2D eigenvalue weighted by molar-refractivity contribution is 0.0690. The van der Waals surface area contributed by atoms with Crippen LogP contribution >= 0.6 is 15.9 Å². The largest absolute Gasteiger partial charge is 0.375 e. The molecule has 2 unspecified atom stereocenters. The minimum absolute atomic E-state index is 0.259. The van der Waals surface area contributed by atoms with Gasteiger partial charge >= 0.3 is 0 Å². The van der Waals surface area contributed by atoms with Gasteiger partial charge in [-0.05, 0) is 34.6 Å². The van der Waals surface area contributed by atoms with E-state index in [4.69, 9.17) is 4.74 Å². The summed E-state index contributed by atoms with van der Waals surface area (Å²) < 4.78 is 20.4. The van der Waals surface area contributed by atoms with Gasteiger partial charge in [0.1, 0.15) is 11.9 Å². The molecule has 1 N–H and O–H groups in total. The summed E-state index contributed by atoms with van der Waals surface area (Å²) in [6, 6.07) is 14.8. The van der Waals surface area contributed by atoms with Crippen molar-refractivity contribution in [2.24, 2.45) is 0 Å². The van der Waals surface area contributed by atoms with Gasteiger partial charge in [0, 0.05) is 12.7 Å². The van der Waals surface area contributed by atoms with E-state index in [2.05, 4.69) is 21.2 Å². The molecule has 2 aromatic rings. The topological polar surface area (TPSA) is 21.3 Å². The predicted molar refractivity (Wildman–Crippen MR) is 82.1 cm³/mol. The van der Waals surface area contributed by atoms with Crippen LogP contribution in [0, 0.1) is 5.82 Å². The van der Waals surface area contributed by atoms with Gasteiger partial charge in [-0.1, -0.05) is 42.5 Å². The lowest BCUT2D eigenvalue weighted by Crippen LogP contribution is -2.26. The van der Waals surface area contributed by atoms with Gasteiger partial charge in [0.15, 0.2) is 0 Å². The first-order valence-corrected chi connectivity index (χ1v) is 7.17. The molecule has 4 heteroatoms. The Morgan fingerprint density at radius 3 is 2.40 bits per heavy atom. The summed E-state index contributed by atoms with van der Waals surface area (Å²) in [4.78, 5) is 0. The Morgan fingerprint density at radius 1 is 1.10 bits per heavy atom. The van der Waals surface area contributed by atoms with Crippen LogP contribution in [0.15, 0.2) is 53.0 Å². The average molecular weight is 338 g/mol. The Labute approximate surface area is 127 Å². The molecule has 106 valence electrons. The lowest BCUT2D eigenvalue weighted by Gasteiger charge is -2.27. The minimum Gasteiger partial charge on any atom is -0.375 e. The number of hydrogen-bond acceptors (Lipinski definition) is 2. The van der Waals surface area contributed by atoms with E-state index in [0.29, 0.717) is 10.0 Å². The summed E-state index contributed by atoms with van der Waals surface area (Å²) in [5, 5.41) is 3.15. The third kappa shape index (κ3) is 3.08. The summed E-state index contributed by atoms with van der Waals surface area (Å²) in [5.41, 5.74) is 1.59. The maximum absolute atomic E-state index is 14.3. The standard InChI is InChI=1S/C16H17BrFNO/c1-19-15(12-9-6-10-13(17)14(12)18)16(20-2)11-7-4-3-5-8-11/h3-10,15-16,19H,1-2H3. The number of likely N-dealkylation sites (N-methyl/N-ethyl adjacent to an activating group) is 1. The monoisotopic (exact) mass is 337 g/mol. The molecule has 0 heterocycles. The molecule has 0 aliphatic rings. The highest BCUT2D eigenvalue weighted by molar-refractivity contribution is 9.10. The van der Waals surface area contributed by atoms with Crippen LogP contribution in [0.3, 0.4) is 0 Å². The van der Waals surface area contributed by atoms with Crippen LogP contribution in [0.25, 0.3) is 0 Å². The molecule has 0 amide bonds. The molecule has 2 atom stereocenters. The van der Waals surface area contributed by atoms with Crippen LogP contribution < -0.4 is 5.32 Å². The first-order chi connectivity index (χ1) is 9.69. The quantitative estimate of drug-likeness (QED) is 0.881. The van der Waals surface area contributed by atoms with Crippen LogP contribution in [0.2, 0.25) is 0 Å².